The van der Waals surface area contributed by atoms with Gasteiger partial charge in [-0.05, 0) is 61.4 Å². The standard InChI is InChI=1S/C19H18ClN3OS/c1-13-14(2)25-19(22-13)23-21-11-15-5-9-18(10-6-15)24-12-16-3-7-17(20)8-4-16/h3-11H,12H2,1-2H3,(H,22,23). The molecule has 0 saturated heterocycles. The predicted molar refractivity (Wildman–Crippen MR) is 105 cm³/mol. The zero-order valence-electron chi connectivity index (χ0n) is 14.0. The van der Waals surface area contributed by atoms with Crippen LogP contribution in [0.3, 0.4) is 0 Å². The van der Waals surface area contributed by atoms with E-state index in [-0.39, 0.29) is 0 Å². The summed E-state index contributed by atoms with van der Waals surface area (Å²) in [4.78, 5) is 5.57. The topological polar surface area (TPSA) is 46.5 Å². The van der Waals surface area contributed by atoms with E-state index in [2.05, 4.69) is 15.5 Å². The van der Waals surface area contributed by atoms with Crippen molar-refractivity contribution in [1.82, 2.24) is 4.98 Å². The van der Waals surface area contributed by atoms with Gasteiger partial charge in [0, 0.05) is 9.90 Å². The summed E-state index contributed by atoms with van der Waals surface area (Å²) >= 11 is 7.47. The van der Waals surface area contributed by atoms with E-state index in [9.17, 15) is 0 Å². The lowest BCUT2D eigenvalue weighted by Crippen LogP contribution is -1.95. The summed E-state index contributed by atoms with van der Waals surface area (Å²) in [6.07, 6.45) is 1.76. The first-order valence-corrected chi connectivity index (χ1v) is 9.00. The maximum atomic E-state index is 5.87. The Morgan fingerprint density at radius 2 is 1.84 bits per heavy atom. The van der Waals surface area contributed by atoms with Crippen LogP contribution in [0, 0.1) is 13.8 Å². The quantitative estimate of drug-likeness (QED) is 0.463. The molecule has 2 aromatic carbocycles. The Balaban J connectivity index is 1.52. The van der Waals surface area contributed by atoms with Gasteiger partial charge in [-0.25, -0.2) is 4.98 Å². The van der Waals surface area contributed by atoms with Gasteiger partial charge in [0.2, 0.25) is 5.13 Å². The van der Waals surface area contributed by atoms with Crippen LogP contribution in [0.15, 0.2) is 53.6 Å². The molecule has 0 aliphatic heterocycles. The lowest BCUT2D eigenvalue weighted by molar-refractivity contribution is 0.306. The minimum atomic E-state index is 0.509. The predicted octanol–water partition coefficient (Wildman–Crippen LogP) is 5.44. The van der Waals surface area contributed by atoms with E-state index < -0.39 is 0 Å². The van der Waals surface area contributed by atoms with Crippen molar-refractivity contribution in [1.29, 1.82) is 0 Å². The van der Waals surface area contributed by atoms with E-state index in [1.54, 1.807) is 17.6 Å². The third-order valence-electron chi connectivity index (χ3n) is 3.60. The van der Waals surface area contributed by atoms with E-state index in [4.69, 9.17) is 16.3 Å². The number of halogens is 1. The Bertz CT molecular complexity index is 838. The molecule has 1 N–H and O–H groups in total. The lowest BCUT2D eigenvalue weighted by atomic mass is 10.2. The zero-order valence-corrected chi connectivity index (χ0v) is 15.6. The van der Waals surface area contributed by atoms with Gasteiger partial charge in [0.25, 0.3) is 0 Å². The van der Waals surface area contributed by atoms with Crippen molar-refractivity contribution in [2.45, 2.75) is 20.5 Å². The molecule has 0 saturated carbocycles. The average Bonchev–Trinajstić information content (AvgIpc) is 2.93. The SMILES string of the molecule is Cc1nc(NN=Cc2ccc(OCc3ccc(Cl)cc3)cc2)sc1C. The summed E-state index contributed by atoms with van der Waals surface area (Å²) in [6, 6.07) is 15.4. The van der Waals surface area contributed by atoms with E-state index in [1.165, 1.54) is 4.88 Å². The Kier molecular flexibility index (Phi) is 5.68. The molecule has 1 aromatic heterocycles. The number of nitrogens with one attached hydrogen (secondary N) is 1. The molecular weight excluding hydrogens is 354 g/mol. The molecular formula is C19H18ClN3OS. The molecule has 0 atom stereocenters. The van der Waals surface area contributed by atoms with Crippen molar-refractivity contribution in [3.8, 4) is 5.75 Å². The molecule has 3 aromatic rings. The van der Waals surface area contributed by atoms with Gasteiger partial charge in [-0.15, -0.1) is 11.3 Å². The number of aryl methyl sites for hydroxylation is 2. The van der Waals surface area contributed by atoms with Crippen LogP contribution in [-0.2, 0) is 6.61 Å². The van der Waals surface area contributed by atoms with Crippen LogP contribution < -0.4 is 10.2 Å². The van der Waals surface area contributed by atoms with Gasteiger partial charge in [0.05, 0.1) is 11.9 Å². The minimum absolute atomic E-state index is 0.509. The fourth-order valence-corrected chi connectivity index (χ4v) is 2.97. The van der Waals surface area contributed by atoms with Crippen LogP contribution >= 0.6 is 22.9 Å². The smallest absolute Gasteiger partial charge is 0.203 e. The van der Waals surface area contributed by atoms with Gasteiger partial charge in [-0.2, -0.15) is 5.10 Å². The number of nitrogens with zero attached hydrogens (tertiary/aromatic N) is 2. The fourth-order valence-electron chi connectivity index (χ4n) is 2.08. The molecule has 0 aliphatic rings. The summed E-state index contributed by atoms with van der Waals surface area (Å²) in [6.45, 7) is 4.54. The molecule has 128 valence electrons. The molecule has 25 heavy (non-hydrogen) atoms. The first-order valence-electron chi connectivity index (χ1n) is 7.80. The molecule has 0 spiro atoms. The number of rotatable bonds is 6. The number of thiazole rings is 1. The Hall–Kier alpha value is -2.37. The third-order valence-corrected chi connectivity index (χ3v) is 4.83. The van der Waals surface area contributed by atoms with Gasteiger partial charge >= 0.3 is 0 Å². The van der Waals surface area contributed by atoms with E-state index in [0.29, 0.717) is 6.61 Å². The van der Waals surface area contributed by atoms with Crippen LogP contribution in [0.25, 0.3) is 0 Å². The number of benzene rings is 2. The lowest BCUT2D eigenvalue weighted by Gasteiger charge is -2.06. The van der Waals surface area contributed by atoms with Crippen LogP contribution in [0.1, 0.15) is 21.7 Å². The van der Waals surface area contributed by atoms with Crippen molar-refractivity contribution >= 4 is 34.3 Å². The van der Waals surface area contributed by atoms with Crippen LogP contribution in [0.2, 0.25) is 5.02 Å². The number of hydrogen-bond acceptors (Lipinski definition) is 5. The summed E-state index contributed by atoms with van der Waals surface area (Å²) in [5, 5.41) is 5.74. The molecule has 0 radical (unpaired) electrons. The van der Waals surface area contributed by atoms with Crippen LogP contribution in [0.4, 0.5) is 5.13 Å². The normalized spacial score (nSPS) is 11.0. The van der Waals surface area contributed by atoms with Crippen molar-refractivity contribution in [2.75, 3.05) is 5.43 Å². The molecule has 0 fully saturated rings. The zero-order chi connectivity index (χ0) is 17.6. The van der Waals surface area contributed by atoms with Gasteiger partial charge in [-0.3, -0.25) is 5.43 Å². The summed E-state index contributed by atoms with van der Waals surface area (Å²) in [5.74, 6) is 0.811. The van der Waals surface area contributed by atoms with Crippen molar-refractivity contribution in [3.63, 3.8) is 0 Å². The average molecular weight is 372 g/mol. The molecule has 6 heteroatoms. The summed E-state index contributed by atoms with van der Waals surface area (Å²) in [5.41, 5.74) is 6.05. The highest BCUT2D eigenvalue weighted by molar-refractivity contribution is 7.15. The number of aromatic nitrogens is 1. The molecule has 0 aliphatic carbocycles. The fraction of sp³-hybridized carbons (Fsp3) is 0.158. The number of hydrogen-bond donors (Lipinski definition) is 1. The Labute approximate surface area is 156 Å². The second kappa shape index (κ2) is 8.14. The van der Waals surface area contributed by atoms with Crippen LogP contribution in [0.5, 0.6) is 5.75 Å². The first kappa shape index (κ1) is 17.5. The minimum Gasteiger partial charge on any atom is -0.489 e. The molecule has 0 bridgehead atoms. The largest absolute Gasteiger partial charge is 0.489 e. The summed E-state index contributed by atoms with van der Waals surface area (Å²) < 4.78 is 5.77. The number of anilines is 1. The molecule has 4 nitrogen and oxygen atoms in total. The Morgan fingerprint density at radius 1 is 1.12 bits per heavy atom. The summed E-state index contributed by atoms with van der Waals surface area (Å²) in [7, 11) is 0. The maximum absolute atomic E-state index is 5.87. The highest BCUT2D eigenvalue weighted by Gasteiger charge is 2.01. The monoisotopic (exact) mass is 371 g/mol. The Morgan fingerprint density at radius 3 is 2.48 bits per heavy atom. The number of ether oxygens (including phenoxy) is 1. The molecule has 1 heterocycles. The van der Waals surface area contributed by atoms with Crippen molar-refractivity contribution in [3.05, 3.63) is 75.3 Å². The van der Waals surface area contributed by atoms with Crippen LogP contribution in [-0.4, -0.2) is 11.2 Å². The van der Waals surface area contributed by atoms with Gasteiger partial charge in [0.1, 0.15) is 12.4 Å². The second-order valence-corrected chi connectivity index (χ2v) is 7.15. The van der Waals surface area contributed by atoms with Gasteiger partial charge < -0.3 is 4.74 Å². The van der Waals surface area contributed by atoms with Crippen molar-refractivity contribution < 1.29 is 4.74 Å². The maximum Gasteiger partial charge on any atom is 0.203 e. The highest BCUT2D eigenvalue weighted by atomic mass is 35.5. The highest BCUT2D eigenvalue weighted by Crippen LogP contribution is 2.21. The molecule has 0 unspecified atom stereocenters. The molecule has 3 rings (SSSR count). The number of hydrazone groups is 1. The first-order chi connectivity index (χ1) is 12.1. The van der Waals surface area contributed by atoms with Gasteiger partial charge in [-0.1, -0.05) is 23.7 Å². The molecule has 0 amide bonds. The van der Waals surface area contributed by atoms with E-state index >= 15 is 0 Å². The second-order valence-electron chi connectivity index (χ2n) is 5.51. The third kappa shape index (κ3) is 5.05. The van der Waals surface area contributed by atoms with Crippen molar-refractivity contribution in [2.24, 2.45) is 5.10 Å². The van der Waals surface area contributed by atoms with E-state index in [0.717, 1.165) is 32.7 Å². The van der Waals surface area contributed by atoms with Gasteiger partial charge in [0.15, 0.2) is 0 Å². The van der Waals surface area contributed by atoms with E-state index in [1.807, 2.05) is 62.4 Å².